The number of aromatic nitrogens is 1. The van der Waals surface area contributed by atoms with Gasteiger partial charge in [-0.1, -0.05) is 18.2 Å². The SMILES string of the molecule is CN=Cc1ccc2n1Cc1ccccc1OC2. The number of para-hydroxylation sites is 1. The Kier molecular flexibility index (Phi) is 2.44. The molecule has 1 aromatic carbocycles. The zero-order valence-electron chi connectivity index (χ0n) is 9.76. The zero-order valence-corrected chi connectivity index (χ0v) is 9.76. The fourth-order valence-electron chi connectivity index (χ4n) is 2.19. The van der Waals surface area contributed by atoms with Gasteiger partial charge in [-0.15, -0.1) is 0 Å². The topological polar surface area (TPSA) is 26.5 Å². The van der Waals surface area contributed by atoms with E-state index >= 15 is 0 Å². The molecule has 3 nitrogen and oxygen atoms in total. The van der Waals surface area contributed by atoms with Crippen LogP contribution < -0.4 is 4.74 Å². The minimum atomic E-state index is 0.620. The molecule has 0 spiro atoms. The van der Waals surface area contributed by atoms with Crippen LogP contribution in [0.25, 0.3) is 0 Å². The third-order valence-corrected chi connectivity index (χ3v) is 3.04. The standard InChI is InChI=1S/C14H14N2O/c1-15-8-12-6-7-13-10-17-14-5-3-2-4-11(14)9-16(12)13/h2-8H,9-10H2,1H3. The minimum absolute atomic E-state index is 0.620. The highest BCUT2D eigenvalue weighted by molar-refractivity contribution is 5.77. The monoisotopic (exact) mass is 226 g/mol. The van der Waals surface area contributed by atoms with Crippen LogP contribution in [0.2, 0.25) is 0 Å². The Morgan fingerprint density at radius 2 is 2.12 bits per heavy atom. The van der Waals surface area contributed by atoms with Crippen LogP contribution in [0.15, 0.2) is 41.4 Å². The van der Waals surface area contributed by atoms with E-state index in [1.54, 1.807) is 7.05 Å². The second-order valence-electron chi connectivity index (χ2n) is 4.12. The van der Waals surface area contributed by atoms with Gasteiger partial charge in [-0.3, -0.25) is 4.99 Å². The van der Waals surface area contributed by atoms with Gasteiger partial charge in [0, 0.05) is 18.8 Å². The van der Waals surface area contributed by atoms with Crippen LogP contribution in [0.1, 0.15) is 17.0 Å². The molecule has 0 bridgehead atoms. The number of aliphatic imine (C=N–C) groups is 1. The third-order valence-electron chi connectivity index (χ3n) is 3.04. The Hall–Kier alpha value is -2.03. The average molecular weight is 226 g/mol. The molecule has 0 amide bonds. The first-order valence-corrected chi connectivity index (χ1v) is 5.70. The highest BCUT2D eigenvalue weighted by atomic mass is 16.5. The average Bonchev–Trinajstić information content (AvgIpc) is 2.62. The van der Waals surface area contributed by atoms with Crippen LogP contribution in [-0.2, 0) is 13.2 Å². The second-order valence-corrected chi connectivity index (χ2v) is 4.12. The molecule has 0 fully saturated rings. The van der Waals surface area contributed by atoms with Gasteiger partial charge in [0.25, 0.3) is 0 Å². The number of hydrogen-bond donors (Lipinski definition) is 0. The van der Waals surface area contributed by atoms with Crippen molar-refractivity contribution in [1.82, 2.24) is 4.57 Å². The van der Waals surface area contributed by atoms with E-state index < -0.39 is 0 Å². The highest BCUT2D eigenvalue weighted by Crippen LogP contribution is 2.25. The van der Waals surface area contributed by atoms with Crippen LogP contribution >= 0.6 is 0 Å². The van der Waals surface area contributed by atoms with Gasteiger partial charge in [0.15, 0.2) is 0 Å². The lowest BCUT2D eigenvalue weighted by Crippen LogP contribution is -2.05. The van der Waals surface area contributed by atoms with Crippen LogP contribution in [0, 0.1) is 0 Å². The van der Waals surface area contributed by atoms with Crippen molar-refractivity contribution < 1.29 is 4.74 Å². The molecule has 0 radical (unpaired) electrons. The van der Waals surface area contributed by atoms with Gasteiger partial charge in [0.05, 0.1) is 17.9 Å². The molecular weight excluding hydrogens is 212 g/mol. The van der Waals surface area contributed by atoms with E-state index in [-0.39, 0.29) is 0 Å². The third kappa shape index (κ3) is 1.73. The van der Waals surface area contributed by atoms with Crippen molar-refractivity contribution >= 4 is 6.21 Å². The molecule has 0 saturated heterocycles. The summed E-state index contributed by atoms with van der Waals surface area (Å²) in [6, 6.07) is 12.4. The van der Waals surface area contributed by atoms with E-state index in [1.165, 1.54) is 11.3 Å². The van der Waals surface area contributed by atoms with Crippen molar-refractivity contribution in [3.05, 3.63) is 53.3 Å². The molecular formula is C14H14N2O. The molecule has 0 saturated carbocycles. The van der Waals surface area contributed by atoms with Crippen LogP contribution in [0.4, 0.5) is 0 Å². The van der Waals surface area contributed by atoms with Crippen molar-refractivity contribution in [2.75, 3.05) is 7.05 Å². The summed E-state index contributed by atoms with van der Waals surface area (Å²) in [6.45, 7) is 1.47. The summed E-state index contributed by atoms with van der Waals surface area (Å²) >= 11 is 0. The smallest absolute Gasteiger partial charge is 0.128 e. The fourth-order valence-corrected chi connectivity index (χ4v) is 2.19. The first kappa shape index (κ1) is 10.1. The van der Waals surface area contributed by atoms with Crippen molar-refractivity contribution in [2.45, 2.75) is 13.2 Å². The van der Waals surface area contributed by atoms with Gasteiger partial charge in [-0.25, -0.2) is 0 Å². The number of hydrogen-bond acceptors (Lipinski definition) is 2. The molecule has 3 heteroatoms. The van der Waals surface area contributed by atoms with Crippen molar-refractivity contribution in [3.8, 4) is 5.75 Å². The lowest BCUT2D eigenvalue weighted by Gasteiger charge is -2.07. The first-order valence-electron chi connectivity index (χ1n) is 5.70. The van der Waals surface area contributed by atoms with Crippen LogP contribution in [0.5, 0.6) is 5.75 Å². The van der Waals surface area contributed by atoms with E-state index in [0.717, 1.165) is 18.0 Å². The summed E-state index contributed by atoms with van der Waals surface area (Å²) in [4.78, 5) is 4.09. The molecule has 0 aliphatic carbocycles. The van der Waals surface area contributed by atoms with E-state index in [9.17, 15) is 0 Å². The van der Waals surface area contributed by atoms with Gasteiger partial charge < -0.3 is 9.30 Å². The maximum Gasteiger partial charge on any atom is 0.128 e. The molecule has 1 aliphatic rings. The summed E-state index contributed by atoms with van der Waals surface area (Å²) in [7, 11) is 1.79. The summed E-state index contributed by atoms with van der Waals surface area (Å²) in [5.41, 5.74) is 3.53. The molecule has 1 aromatic heterocycles. The molecule has 2 aromatic rings. The second kappa shape index (κ2) is 4.09. The Labute approximate surface area is 100 Å². The number of ether oxygens (including phenoxy) is 1. The molecule has 3 rings (SSSR count). The Morgan fingerprint density at radius 3 is 3.00 bits per heavy atom. The molecule has 0 unspecified atom stereocenters. The zero-order chi connectivity index (χ0) is 11.7. The Morgan fingerprint density at radius 1 is 1.24 bits per heavy atom. The molecule has 17 heavy (non-hydrogen) atoms. The Balaban J connectivity index is 2.08. The van der Waals surface area contributed by atoms with Gasteiger partial charge in [-0.2, -0.15) is 0 Å². The molecule has 86 valence electrons. The number of benzene rings is 1. The summed E-state index contributed by atoms with van der Waals surface area (Å²) in [5.74, 6) is 0.982. The van der Waals surface area contributed by atoms with E-state index in [1.807, 2.05) is 24.4 Å². The molecule has 1 aliphatic heterocycles. The molecule has 0 N–H and O–H groups in total. The first-order chi connectivity index (χ1) is 8.38. The largest absolute Gasteiger partial charge is 0.487 e. The van der Waals surface area contributed by atoms with Crippen molar-refractivity contribution in [2.24, 2.45) is 4.99 Å². The normalized spacial score (nSPS) is 13.9. The van der Waals surface area contributed by atoms with Gasteiger partial charge >= 0.3 is 0 Å². The highest BCUT2D eigenvalue weighted by Gasteiger charge is 2.14. The summed E-state index contributed by atoms with van der Waals surface area (Å²) in [5, 5.41) is 0. The van der Waals surface area contributed by atoms with Crippen LogP contribution in [-0.4, -0.2) is 17.8 Å². The predicted molar refractivity (Wildman–Crippen MR) is 67.8 cm³/mol. The van der Waals surface area contributed by atoms with E-state index in [4.69, 9.17) is 4.74 Å². The maximum absolute atomic E-state index is 5.80. The molecule has 2 heterocycles. The van der Waals surface area contributed by atoms with E-state index in [2.05, 4.69) is 27.8 Å². The number of nitrogens with zero attached hydrogens (tertiary/aromatic N) is 2. The number of fused-ring (bicyclic) bond motifs is 2. The van der Waals surface area contributed by atoms with Gasteiger partial charge in [0.1, 0.15) is 12.4 Å². The summed E-state index contributed by atoms with van der Waals surface area (Å²) < 4.78 is 8.05. The van der Waals surface area contributed by atoms with Gasteiger partial charge in [-0.05, 0) is 18.2 Å². The lowest BCUT2D eigenvalue weighted by atomic mass is 10.2. The van der Waals surface area contributed by atoms with Crippen LogP contribution in [0.3, 0.4) is 0 Å². The van der Waals surface area contributed by atoms with Crippen molar-refractivity contribution in [1.29, 1.82) is 0 Å². The number of rotatable bonds is 1. The van der Waals surface area contributed by atoms with E-state index in [0.29, 0.717) is 6.61 Å². The van der Waals surface area contributed by atoms with Crippen molar-refractivity contribution in [3.63, 3.8) is 0 Å². The predicted octanol–water partition coefficient (Wildman–Crippen LogP) is 2.48. The quantitative estimate of drug-likeness (QED) is 0.686. The fraction of sp³-hybridized carbons (Fsp3) is 0.214. The molecule has 0 atom stereocenters. The van der Waals surface area contributed by atoms with Gasteiger partial charge in [0.2, 0.25) is 0 Å². The Bertz CT molecular complexity index is 569. The maximum atomic E-state index is 5.80. The summed E-state index contributed by atoms with van der Waals surface area (Å²) in [6.07, 6.45) is 1.89. The minimum Gasteiger partial charge on any atom is -0.487 e. The lowest BCUT2D eigenvalue weighted by molar-refractivity contribution is 0.303.